The Bertz CT molecular complexity index is 331. The fraction of sp³-hybridized carbons (Fsp3) is 0.846. The van der Waals surface area contributed by atoms with Crippen molar-refractivity contribution in [3.05, 3.63) is 0 Å². The van der Waals surface area contributed by atoms with Crippen LogP contribution in [0.1, 0.15) is 34.1 Å². The van der Waals surface area contributed by atoms with E-state index in [0.29, 0.717) is 6.54 Å². The number of thioether (sulfide) groups is 1. The largest absolute Gasteiger partial charge is 0.340 e. The van der Waals surface area contributed by atoms with Gasteiger partial charge in [0, 0.05) is 12.3 Å². The van der Waals surface area contributed by atoms with E-state index >= 15 is 0 Å². The van der Waals surface area contributed by atoms with E-state index < -0.39 is 5.54 Å². The van der Waals surface area contributed by atoms with Gasteiger partial charge in [-0.3, -0.25) is 9.59 Å². The standard InChI is InChI=1S/C13H24N2O2S/c1-6-9(2)10-11(16)14-13(3,4)12(17)15(10)7-8-18-5/h9-10H,6-8H2,1-5H3,(H,14,16). The Hall–Kier alpha value is -0.710. The quantitative estimate of drug-likeness (QED) is 0.825. The van der Waals surface area contributed by atoms with Crippen LogP contribution in [0, 0.1) is 5.92 Å². The molecule has 0 bridgehead atoms. The highest BCUT2D eigenvalue weighted by Crippen LogP contribution is 2.24. The zero-order valence-corrected chi connectivity index (χ0v) is 12.8. The van der Waals surface area contributed by atoms with Gasteiger partial charge in [0.05, 0.1) is 0 Å². The number of carbonyl (C=O) groups is 2. The molecule has 0 aromatic carbocycles. The fourth-order valence-electron chi connectivity index (χ4n) is 2.28. The minimum Gasteiger partial charge on any atom is -0.340 e. The number of nitrogens with zero attached hydrogens (tertiary/aromatic N) is 1. The first kappa shape index (κ1) is 15.3. The Kier molecular flexibility index (Phi) is 5.08. The van der Waals surface area contributed by atoms with Crippen molar-refractivity contribution in [2.24, 2.45) is 5.92 Å². The summed E-state index contributed by atoms with van der Waals surface area (Å²) < 4.78 is 0. The molecule has 1 aliphatic heterocycles. The van der Waals surface area contributed by atoms with Gasteiger partial charge in [0.2, 0.25) is 11.8 Å². The van der Waals surface area contributed by atoms with Crippen molar-refractivity contribution in [2.75, 3.05) is 18.6 Å². The van der Waals surface area contributed by atoms with Gasteiger partial charge in [-0.15, -0.1) is 0 Å². The third-order valence-corrected chi connectivity index (χ3v) is 4.15. The van der Waals surface area contributed by atoms with Gasteiger partial charge in [-0.25, -0.2) is 0 Å². The van der Waals surface area contributed by atoms with Crippen LogP contribution < -0.4 is 5.32 Å². The van der Waals surface area contributed by atoms with E-state index in [1.807, 2.05) is 13.2 Å². The molecule has 0 spiro atoms. The number of rotatable bonds is 5. The van der Waals surface area contributed by atoms with E-state index in [1.54, 1.807) is 30.5 Å². The van der Waals surface area contributed by atoms with Crippen LogP contribution in [-0.2, 0) is 9.59 Å². The molecule has 1 fully saturated rings. The molecule has 5 heteroatoms. The molecule has 0 saturated carbocycles. The van der Waals surface area contributed by atoms with E-state index in [2.05, 4.69) is 12.2 Å². The SMILES string of the molecule is CCC(C)C1C(=O)NC(C)(C)C(=O)N1CCSC. The lowest BCUT2D eigenvalue weighted by Gasteiger charge is -2.44. The average molecular weight is 272 g/mol. The predicted octanol–water partition coefficient (Wildman–Crippen LogP) is 1.50. The number of hydrogen-bond acceptors (Lipinski definition) is 3. The van der Waals surface area contributed by atoms with Gasteiger partial charge in [-0.1, -0.05) is 20.3 Å². The molecule has 1 N–H and O–H groups in total. The number of nitrogens with one attached hydrogen (secondary N) is 1. The smallest absolute Gasteiger partial charge is 0.248 e. The molecule has 2 amide bonds. The van der Waals surface area contributed by atoms with E-state index in [9.17, 15) is 9.59 Å². The summed E-state index contributed by atoms with van der Waals surface area (Å²) in [6.07, 6.45) is 2.90. The zero-order chi connectivity index (χ0) is 13.9. The van der Waals surface area contributed by atoms with Gasteiger partial charge in [-0.2, -0.15) is 11.8 Å². The second-order valence-electron chi connectivity index (χ2n) is 5.44. The molecule has 18 heavy (non-hydrogen) atoms. The molecule has 2 atom stereocenters. The molecule has 1 saturated heterocycles. The highest BCUT2D eigenvalue weighted by atomic mass is 32.2. The molecule has 104 valence electrons. The maximum atomic E-state index is 12.4. The first-order chi connectivity index (χ1) is 8.35. The molecule has 0 radical (unpaired) electrons. The van der Waals surface area contributed by atoms with Crippen LogP contribution >= 0.6 is 11.8 Å². The fourth-order valence-corrected chi connectivity index (χ4v) is 2.66. The lowest BCUT2D eigenvalue weighted by atomic mass is 9.89. The number of hydrogen-bond donors (Lipinski definition) is 1. The highest BCUT2D eigenvalue weighted by molar-refractivity contribution is 7.98. The summed E-state index contributed by atoms with van der Waals surface area (Å²) in [7, 11) is 0. The summed E-state index contributed by atoms with van der Waals surface area (Å²) >= 11 is 1.69. The van der Waals surface area contributed by atoms with Crippen molar-refractivity contribution in [1.82, 2.24) is 10.2 Å². The van der Waals surface area contributed by atoms with Crippen molar-refractivity contribution < 1.29 is 9.59 Å². The van der Waals surface area contributed by atoms with Gasteiger partial charge in [0.15, 0.2) is 0 Å². The van der Waals surface area contributed by atoms with Crippen LogP contribution in [0.15, 0.2) is 0 Å². The Morgan fingerprint density at radius 1 is 1.44 bits per heavy atom. The second kappa shape index (κ2) is 5.95. The predicted molar refractivity (Wildman–Crippen MR) is 75.6 cm³/mol. The summed E-state index contributed by atoms with van der Waals surface area (Å²) in [5, 5.41) is 2.84. The summed E-state index contributed by atoms with van der Waals surface area (Å²) in [5.74, 6) is 1.06. The van der Waals surface area contributed by atoms with E-state index in [1.165, 1.54) is 0 Å². The molecule has 1 aliphatic rings. The van der Waals surface area contributed by atoms with Crippen LogP contribution in [0.25, 0.3) is 0 Å². The van der Waals surface area contributed by atoms with Gasteiger partial charge in [-0.05, 0) is 26.0 Å². The summed E-state index contributed by atoms with van der Waals surface area (Å²) in [6.45, 7) is 8.26. The average Bonchev–Trinajstić information content (AvgIpc) is 2.30. The second-order valence-corrected chi connectivity index (χ2v) is 6.42. The normalized spacial score (nSPS) is 24.9. The molecule has 2 unspecified atom stereocenters. The number of amides is 2. The summed E-state index contributed by atoms with van der Waals surface area (Å²) in [6, 6.07) is -0.317. The molecule has 1 rings (SSSR count). The Balaban J connectivity index is 2.98. The molecule has 0 aliphatic carbocycles. The van der Waals surface area contributed by atoms with Crippen molar-refractivity contribution in [3.8, 4) is 0 Å². The third kappa shape index (κ3) is 2.99. The Morgan fingerprint density at radius 2 is 2.06 bits per heavy atom. The summed E-state index contributed by atoms with van der Waals surface area (Å²) in [5.41, 5.74) is -0.778. The van der Waals surface area contributed by atoms with Gasteiger partial charge in [0.1, 0.15) is 11.6 Å². The Morgan fingerprint density at radius 3 is 2.56 bits per heavy atom. The number of piperazine rings is 1. The zero-order valence-electron chi connectivity index (χ0n) is 11.9. The maximum absolute atomic E-state index is 12.4. The molecular formula is C13H24N2O2S. The van der Waals surface area contributed by atoms with Crippen LogP contribution in [0.5, 0.6) is 0 Å². The van der Waals surface area contributed by atoms with E-state index in [-0.39, 0.29) is 23.8 Å². The maximum Gasteiger partial charge on any atom is 0.248 e. The number of carbonyl (C=O) groups excluding carboxylic acids is 2. The van der Waals surface area contributed by atoms with Crippen molar-refractivity contribution in [1.29, 1.82) is 0 Å². The van der Waals surface area contributed by atoms with Crippen molar-refractivity contribution >= 4 is 23.6 Å². The third-order valence-electron chi connectivity index (χ3n) is 3.55. The first-order valence-corrected chi connectivity index (χ1v) is 7.86. The minimum absolute atomic E-state index is 0.0185. The highest BCUT2D eigenvalue weighted by Gasteiger charge is 2.46. The van der Waals surface area contributed by atoms with Gasteiger partial charge >= 0.3 is 0 Å². The first-order valence-electron chi connectivity index (χ1n) is 6.47. The lowest BCUT2D eigenvalue weighted by Crippen LogP contribution is -2.69. The summed E-state index contributed by atoms with van der Waals surface area (Å²) in [4.78, 5) is 26.4. The molecule has 1 heterocycles. The monoisotopic (exact) mass is 272 g/mol. The topological polar surface area (TPSA) is 49.4 Å². The molecule has 0 aromatic rings. The molecule has 4 nitrogen and oxygen atoms in total. The molecule has 0 aromatic heterocycles. The van der Waals surface area contributed by atoms with E-state index in [0.717, 1.165) is 12.2 Å². The van der Waals surface area contributed by atoms with Crippen LogP contribution in [0.3, 0.4) is 0 Å². The minimum atomic E-state index is -0.778. The van der Waals surface area contributed by atoms with Gasteiger partial charge in [0.25, 0.3) is 0 Å². The van der Waals surface area contributed by atoms with Crippen LogP contribution in [0.2, 0.25) is 0 Å². The van der Waals surface area contributed by atoms with E-state index in [4.69, 9.17) is 0 Å². The Labute approximate surface area is 114 Å². The van der Waals surface area contributed by atoms with Crippen LogP contribution in [-0.4, -0.2) is 46.8 Å². The molecular weight excluding hydrogens is 248 g/mol. The van der Waals surface area contributed by atoms with Gasteiger partial charge < -0.3 is 10.2 Å². The van der Waals surface area contributed by atoms with Crippen molar-refractivity contribution in [3.63, 3.8) is 0 Å². The van der Waals surface area contributed by atoms with Crippen molar-refractivity contribution in [2.45, 2.75) is 45.7 Å². The van der Waals surface area contributed by atoms with Crippen LogP contribution in [0.4, 0.5) is 0 Å². The lowest BCUT2D eigenvalue weighted by molar-refractivity contribution is -0.155.